The smallest absolute Gasteiger partial charge is 0.221 e. The molecule has 1 fully saturated rings. The van der Waals surface area contributed by atoms with Crippen molar-refractivity contribution in [3.05, 3.63) is 53.7 Å². The third-order valence-electron chi connectivity index (χ3n) is 4.98. The highest BCUT2D eigenvalue weighted by Crippen LogP contribution is 2.21. The zero-order valence-corrected chi connectivity index (χ0v) is 17.0. The van der Waals surface area contributed by atoms with Gasteiger partial charge in [0.15, 0.2) is 9.84 Å². The summed E-state index contributed by atoms with van der Waals surface area (Å²) < 4.78 is 24.8. The number of sulfone groups is 1. The molecule has 0 aliphatic carbocycles. The van der Waals surface area contributed by atoms with Gasteiger partial charge in [0.1, 0.15) is 5.82 Å². The number of nitrogens with zero attached hydrogens (tertiary/aromatic N) is 2. The molecule has 1 saturated heterocycles. The summed E-state index contributed by atoms with van der Waals surface area (Å²) in [7, 11) is -3.46. The van der Waals surface area contributed by atoms with Gasteiger partial charge in [-0.2, -0.15) is 0 Å². The largest absolute Gasteiger partial charge is 0.356 e. The van der Waals surface area contributed by atoms with Crippen LogP contribution in [-0.4, -0.2) is 38.2 Å². The first-order chi connectivity index (χ1) is 13.5. The van der Waals surface area contributed by atoms with Crippen molar-refractivity contribution in [2.75, 3.05) is 23.7 Å². The molecule has 1 aliphatic heterocycles. The number of benzene rings is 1. The van der Waals surface area contributed by atoms with Crippen LogP contribution in [0, 0.1) is 6.92 Å². The first-order valence-electron chi connectivity index (χ1n) is 9.71. The molecule has 1 aromatic heterocycles. The Kier molecular flexibility index (Phi) is 6.67. The molecule has 1 aromatic carbocycles. The number of pyridine rings is 1. The highest BCUT2D eigenvalue weighted by Gasteiger charge is 2.18. The monoisotopic (exact) mass is 401 g/mol. The van der Waals surface area contributed by atoms with Gasteiger partial charge in [0, 0.05) is 37.8 Å². The Morgan fingerprint density at radius 1 is 1.11 bits per heavy atom. The van der Waals surface area contributed by atoms with E-state index >= 15 is 0 Å². The molecule has 0 saturated carbocycles. The van der Waals surface area contributed by atoms with Crippen LogP contribution in [0.1, 0.15) is 36.8 Å². The van der Waals surface area contributed by atoms with Crippen LogP contribution in [0.4, 0.5) is 5.82 Å². The summed E-state index contributed by atoms with van der Waals surface area (Å²) in [5.41, 5.74) is 1.96. The predicted molar refractivity (Wildman–Crippen MR) is 110 cm³/mol. The highest BCUT2D eigenvalue weighted by molar-refractivity contribution is 7.91. The molecule has 150 valence electrons. The Morgan fingerprint density at radius 3 is 2.54 bits per heavy atom. The number of aryl methyl sites for hydroxylation is 1. The first kappa shape index (κ1) is 20.3. The van der Waals surface area contributed by atoms with E-state index in [4.69, 9.17) is 0 Å². The molecule has 0 spiro atoms. The number of piperidine rings is 1. The standard InChI is InChI=1S/C21H27N3O3S/c1-17-7-9-19(10-8-17)28(26,27)15-11-20(25)23-16-18-6-5-12-22-21(18)24-13-3-2-4-14-24/h5-10,12H,2-4,11,13-16H2,1H3,(H,23,25). The summed E-state index contributed by atoms with van der Waals surface area (Å²) in [5.74, 6) is 0.437. The Balaban J connectivity index is 1.55. The van der Waals surface area contributed by atoms with Crippen molar-refractivity contribution >= 4 is 21.6 Å². The highest BCUT2D eigenvalue weighted by atomic mass is 32.2. The molecule has 0 radical (unpaired) electrons. The van der Waals surface area contributed by atoms with Gasteiger partial charge in [-0.1, -0.05) is 23.8 Å². The third kappa shape index (κ3) is 5.32. The van der Waals surface area contributed by atoms with Crippen molar-refractivity contribution in [2.24, 2.45) is 0 Å². The van der Waals surface area contributed by atoms with Gasteiger partial charge >= 0.3 is 0 Å². The fraction of sp³-hybridized carbons (Fsp3) is 0.429. The lowest BCUT2D eigenvalue weighted by atomic mass is 10.1. The van der Waals surface area contributed by atoms with Crippen LogP contribution in [0.25, 0.3) is 0 Å². The SMILES string of the molecule is Cc1ccc(S(=O)(=O)CCC(=O)NCc2cccnc2N2CCCCC2)cc1. The van der Waals surface area contributed by atoms with Crippen LogP contribution in [-0.2, 0) is 21.2 Å². The lowest BCUT2D eigenvalue weighted by molar-refractivity contribution is -0.120. The van der Waals surface area contributed by atoms with Crippen LogP contribution >= 0.6 is 0 Å². The molecule has 0 bridgehead atoms. The van der Waals surface area contributed by atoms with Crippen molar-refractivity contribution < 1.29 is 13.2 Å². The maximum atomic E-state index is 12.4. The van der Waals surface area contributed by atoms with E-state index in [-0.39, 0.29) is 23.0 Å². The van der Waals surface area contributed by atoms with Gasteiger partial charge in [-0.05, 0) is 44.4 Å². The van der Waals surface area contributed by atoms with Gasteiger partial charge in [-0.25, -0.2) is 13.4 Å². The van der Waals surface area contributed by atoms with E-state index in [1.165, 1.54) is 6.42 Å². The molecule has 2 aromatic rings. The lowest BCUT2D eigenvalue weighted by Crippen LogP contribution is -2.32. The number of hydrogen-bond donors (Lipinski definition) is 1. The van der Waals surface area contributed by atoms with Crippen LogP contribution in [0.3, 0.4) is 0 Å². The van der Waals surface area contributed by atoms with Crippen LogP contribution in [0.2, 0.25) is 0 Å². The second-order valence-corrected chi connectivity index (χ2v) is 9.30. The van der Waals surface area contributed by atoms with E-state index in [1.807, 2.05) is 19.1 Å². The van der Waals surface area contributed by atoms with Gasteiger partial charge in [0.2, 0.25) is 5.91 Å². The molecule has 6 nitrogen and oxygen atoms in total. The minimum absolute atomic E-state index is 0.0600. The molecule has 1 amide bonds. The van der Waals surface area contributed by atoms with Crippen molar-refractivity contribution in [1.82, 2.24) is 10.3 Å². The molecule has 3 rings (SSSR count). The second-order valence-electron chi connectivity index (χ2n) is 7.19. The topological polar surface area (TPSA) is 79.4 Å². The summed E-state index contributed by atoms with van der Waals surface area (Å²) in [6.07, 6.45) is 5.25. The first-order valence-corrected chi connectivity index (χ1v) is 11.4. The number of rotatable bonds is 7. The summed E-state index contributed by atoms with van der Waals surface area (Å²) in [4.78, 5) is 19.2. The van der Waals surface area contributed by atoms with E-state index < -0.39 is 9.84 Å². The average Bonchev–Trinajstić information content (AvgIpc) is 2.72. The number of hydrogen-bond acceptors (Lipinski definition) is 5. The van der Waals surface area contributed by atoms with Gasteiger partial charge in [-0.15, -0.1) is 0 Å². The number of carbonyl (C=O) groups excluding carboxylic acids is 1. The molecule has 7 heteroatoms. The summed E-state index contributed by atoms with van der Waals surface area (Å²) in [6, 6.07) is 10.5. The van der Waals surface area contributed by atoms with Gasteiger partial charge in [-0.3, -0.25) is 4.79 Å². The van der Waals surface area contributed by atoms with E-state index in [0.717, 1.165) is 42.9 Å². The van der Waals surface area contributed by atoms with E-state index in [0.29, 0.717) is 6.54 Å². The normalized spacial score (nSPS) is 14.7. The minimum atomic E-state index is -3.46. The van der Waals surface area contributed by atoms with Crippen molar-refractivity contribution in [2.45, 2.75) is 44.0 Å². The van der Waals surface area contributed by atoms with Crippen LogP contribution in [0.5, 0.6) is 0 Å². The van der Waals surface area contributed by atoms with E-state index in [2.05, 4.69) is 15.2 Å². The predicted octanol–water partition coefficient (Wildman–Crippen LogP) is 2.86. The molecule has 0 atom stereocenters. The fourth-order valence-corrected chi connectivity index (χ4v) is 4.57. The summed E-state index contributed by atoms with van der Waals surface area (Å²) >= 11 is 0. The Labute approximate surface area is 166 Å². The Morgan fingerprint density at radius 2 is 1.82 bits per heavy atom. The van der Waals surface area contributed by atoms with Gasteiger partial charge in [0.05, 0.1) is 10.6 Å². The van der Waals surface area contributed by atoms with Crippen molar-refractivity contribution in [3.8, 4) is 0 Å². The van der Waals surface area contributed by atoms with Crippen LogP contribution < -0.4 is 10.2 Å². The lowest BCUT2D eigenvalue weighted by Gasteiger charge is -2.29. The van der Waals surface area contributed by atoms with Crippen LogP contribution in [0.15, 0.2) is 47.5 Å². The number of aromatic nitrogens is 1. The minimum Gasteiger partial charge on any atom is -0.356 e. The number of amides is 1. The van der Waals surface area contributed by atoms with E-state index in [9.17, 15) is 13.2 Å². The zero-order chi connectivity index (χ0) is 20.0. The second kappa shape index (κ2) is 9.19. The van der Waals surface area contributed by atoms with Gasteiger partial charge < -0.3 is 10.2 Å². The third-order valence-corrected chi connectivity index (χ3v) is 6.71. The molecular weight excluding hydrogens is 374 g/mol. The Bertz CT molecular complexity index is 905. The fourth-order valence-electron chi connectivity index (χ4n) is 3.33. The molecule has 28 heavy (non-hydrogen) atoms. The van der Waals surface area contributed by atoms with Crippen molar-refractivity contribution in [1.29, 1.82) is 0 Å². The van der Waals surface area contributed by atoms with Crippen molar-refractivity contribution in [3.63, 3.8) is 0 Å². The maximum absolute atomic E-state index is 12.4. The molecule has 1 aliphatic rings. The average molecular weight is 402 g/mol. The Hall–Kier alpha value is -2.41. The number of nitrogens with one attached hydrogen (secondary N) is 1. The zero-order valence-electron chi connectivity index (χ0n) is 16.2. The molecular formula is C21H27N3O3S. The summed E-state index contributed by atoms with van der Waals surface area (Å²) in [6.45, 7) is 4.21. The maximum Gasteiger partial charge on any atom is 0.221 e. The van der Waals surface area contributed by atoms with Gasteiger partial charge in [0.25, 0.3) is 0 Å². The quantitative estimate of drug-likeness (QED) is 0.772. The van der Waals surface area contributed by atoms with E-state index in [1.54, 1.807) is 30.5 Å². The summed E-state index contributed by atoms with van der Waals surface area (Å²) in [5, 5.41) is 2.84. The molecule has 2 heterocycles. The molecule has 0 unspecified atom stereocenters. The number of carbonyl (C=O) groups is 1. The molecule has 1 N–H and O–H groups in total. The number of anilines is 1.